The maximum Gasteiger partial charge on any atom is 0.280 e. The summed E-state index contributed by atoms with van der Waals surface area (Å²) in [5.74, 6) is -0.0921. The lowest BCUT2D eigenvalue weighted by Crippen LogP contribution is -2.24. The number of nitrogens with zero attached hydrogens (tertiary/aromatic N) is 3. The first-order chi connectivity index (χ1) is 8.52. The largest absolute Gasteiger partial charge is 0.394 e. The summed E-state index contributed by atoms with van der Waals surface area (Å²) in [4.78, 5) is 25.2. The third-order valence-corrected chi connectivity index (χ3v) is 2.31. The molecule has 0 saturated heterocycles. The fourth-order valence-corrected chi connectivity index (χ4v) is 1.39. The number of aromatic nitrogens is 4. The van der Waals surface area contributed by atoms with E-state index in [1.807, 2.05) is 0 Å². The van der Waals surface area contributed by atoms with E-state index in [9.17, 15) is 15.0 Å². The molecule has 2 aromatic rings. The minimum atomic E-state index is -1.44. The fraction of sp³-hybridized carbons (Fsp3) is 0.333. The number of hydrogen-bond donors (Lipinski definition) is 5. The number of aliphatic hydroxyl groups is 3. The van der Waals surface area contributed by atoms with Crippen LogP contribution in [0.2, 0.25) is 0 Å². The Labute approximate surface area is 100.0 Å². The molecule has 2 aromatic heterocycles. The summed E-state index contributed by atoms with van der Waals surface area (Å²) < 4.78 is 0. The summed E-state index contributed by atoms with van der Waals surface area (Å²) in [6.07, 6.45) is -1.70. The van der Waals surface area contributed by atoms with Gasteiger partial charge < -0.3 is 21.1 Å². The van der Waals surface area contributed by atoms with Crippen LogP contribution in [0.15, 0.2) is 11.0 Å². The molecule has 0 unspecified atom stereocenters. The molecule has 0 aliphatic rings. The van der Waals surface area contributed by atoms with Crippen molar-refractivity contribution in [3.63, 3.8) is 0 Å². The van der Waals surface area contributed by atoms with E-state index in [1.54, 1.807) is 0 Å². The van der Waals surface area contributed by atoms with Gasteiger partial charge in [0, 0.05) is 0 Å². The van der Waals surface area contributed by atoms with Crippen molar-refractivity contribution in [3.8, 4) is 0 Å². The second-order valence-electron chi connectivity index (χ2n) is 3.61. The number of nitrogen functional groups attached to an aromatic ring is 1. The number of aliphatic hydroxyl groups excluding tert-OH is 3. The van der Waals surface area contributed by atoms with E-state index in [0.29, 0.717) is 0 Å². The molecule has 0 spiro atoms. The molecule has 0 aliphatic heterocycles. The van der Waals surface area contributed by atoms with Crippen LogP contribution in [-0.4, -0.2) is 48.0 Å². The predicted octanol–water partition coefficient (Wildman–Crippen LogP) is -2.32. The minimum Gasteiger partial charge on any atom is -0.394 e. The van der Waals surface area contributed by atoms with Crippen LogP contribution in [0.5, 0.6) is 0 Å². The summed E-state index contributed by atoms with van der Waals surface area (Å²) in [5, 5.41) is 27.6. The zero-order chi connectivity index (χ0) is 13.3. The van der Waals surface area contributed by atoms with E-state index < -0.39 is 24.4 Å². The van der Waals surface area contributed by atoms with E-state index in [1.165, 1.54) is 0 Å². The molecule has 96 valence electrons. The van der Waals surface area contributed by atoms with Crippen molar-refractivity contribution >= 4 is 17.1 Å². The molecule has 0 amide bonds. The normalized spacial score (nSPS) is 14.6. The third-order valence-electron chi connectivity index (χ3n) is 2.31. The van der Waals surface area contributed by atoms with Gasteiger partial charge in [0.05, 0.1) is 18.5 Å². The number of H-pyrrole nitrogens is 1. The van der Waals surface area contributed by atoms with Gasteiger partial charge in [-0.3, -0.25) is 9.78 Å². The van der Waals surface area contributed by atoms with Crippen LogP contribution in [0.3, 0.4) is 0 Å². The van der Waals surface area contributed by atoms with Gasteiger partial charge in [-0.1, -0.05) is 0 Å². The van der Waals surface area contributed by atoms with Gasteiger partial charge >= 0.3 is 0 Å². The molecule has 0 saturated carbocycles. The predicted molar refractivity (Wildman–Crippen MR) is 60.4 cm³/mol. The molecule has 0 aromatic carbocycles. The summed E-state index contributed by atoms with van der Waals surface area (Å²) >= 11 is 0. The Kier molecular flexibility index (Phi) is 3.19. The highest BCUT2D eigenvalue weighted by Gasteiger charge is 2.20. The number of aromatic amines is 1. The first kappa shape index (κ1) is 12.4. The van der Waals surface area contributed by atoms with Crippen molar-refractivity contribution < 1.29 is 15.3 Å². The summed E-state index contributed by atoms with van der Waals surface area (Å²) in [6.45, 7) is -0.642. The molecular weight excluding hydrogens is 247 g/mol. The molecule has 2 rings (SSSR count). The van der Waals surface area contributed by atoms with Gasteiger partial charge in [0.25, 0.3) is 5.56 Å². The number of anilines is 1. The van der Waals surface area contributed by atoms with E-state index in [0.717, 1.165) is 6.20 Å². The quantitative estimate of drug-likeness (QED) is 0.384. The van der Waals surface area contributed by atoms with Crippen LogP contribution in [0.4, 0.5) is 5.95 Å². The number of hydrogen-bond acceptors (Lipinski definition) is 8. The first-order valence-electron chi connectivity index (χ1n) is 5.02. The summed E-state index contributed by atoms with van der Waals surface area (Å²) in [5.41, 5.74) is 4.62. The van der Waals surface area contributed by atoms with E-state index in [4.69, 9.17) is 10.8 Å². The topological polar surface area (TPSA) is 158 Å². The SMILES string of the molecule is Nc1nc2n[13cH][13c]([13C@H](O)[13C@@H](O)[13CH2]O)nc2c(=O)[nH]1. The second kappa shape index (κ2) is 4.64. The van der Waals surface area contributed by atoms with Crippen molar-refractivity contribution in [1.82, 2.24) is 19.9 Å². The lowest BCUT2D eigenvalue weighted by Gasteiger charge is -2.14. The molecular formula is C9H11N5O4. The summed E-state index contributed by atoms with van der Waals surface area (Å²) in [6, 6.07) is 0. The van der Waals surface area contributed by atoms with Gasteiger partial charge in [0.2, 0.25) is 5.95 Å². The maximum absolute atomic E-state index is 11.5. The molecule has 9 heteroatoms. The van der Waals surface area contributed by atoms with Crippen molar-refractivity contribution in [1.29, 1.82) is 0 Å². The average molecular weight is 258 g/mol. The molecule has 9 nitrogen and oxygen atoms in total. The van der Waals surface area contributed by atoms with Gasteiger partial charge in [0.1, 0.15) is 12.2 Å². The zero-order valence-electron chi connectivity index (χ0n) is 9.11. The van der Waals surface area contributed by atoms with E-state index in [2.05, 4.69) is 19.9 Å². The number of fused-ring (bicyclic) bond motifs is 1. The second-order valence-corrected chi connectivity index (χ2v) is 3.61. The third kappa shape index (κ3) is 2.14. The van der Waals surface area contributed by atoms with E-state index >= 15 is 0 Å². The average Bonchev–Trinajstić information content (AvgIpc) is 2.36. The Morgan fingerprint density at radius 2 is 2.11 bits per heavy atom. The summed E-state index contributed by atoms with van der Waals surface area (Å²) in [7, 11) is 0. The van der Waals surface area contributed by atoms with Crippen LogP contribution in [0.25, 0.3) is 11.2 Å². The van der Waals surface area contributed by atoms with Crippen molar-refractivity contribution in [2.75, 3.05) is 12.3 Å². The molecule has 2 atom stereocenters. The Bertz CT molecular complexity index is 628. The van der Waals surface area contributed by atoms with Crippen LogP contribution >= 0.6 is 0 Å². The van der Waals surface area contributed by atoms with Crippen LogP contribution in [0, 0.1) is 0 Å². The Morgan fingerprint density at radius 1 is 1.39 bits per heavy atom. The standard InChI is InChI=1S/C9H11N5O4/c10-9-13-7-5(8(18)14-9)12-3(1-11-7)6(17)4(16)2-15/h1,4,6,15-17H,2H2,(H3,10,11,13,14,18)/t4-,6-/m0/s1/i1+1,2+1,3+1,4+1,6+1. The van der Waals surface area contributed by atoms with Crippen LogP contribution in [-0.2, 0) is 0 Å². The van der Waals surface area contributed by atoms with E-state index in [-0.39, 0.29) is 22.8 Å². The number of rotatable bonds is 3. The fourth-order valence-electron chi connectivity index (χ4n) is 1.39. The highest BCUT2D eigenvalue weighted by Crippen LogP contribution is 2.14. The molecule has 2 heterocycles. The highest BCUT2D eigenvalue weighted by molar-refractivity contribution is 5.69. The molecule has 0 bridgehead atoms. The van der Waals surface area contributed by atoms with Crippen molar-refractivity contribution in [3.05, 3.63) is 22.2 Å². The van der Waals surface area contributed by atoms with Gasteiger partial charge in [0.15, 0.2) is 11.2 Å². The Morgan fingerprint density at radius 3 is 2.78 bits per heavy atom. The zero-order valence-corrected chi connectivity index (χ0v) is 9.11. The smallest absolute Gasteiger partial charge is 0.280 e. The molecule has 0 fully saturated rings. The van der Waals surface area contributed by atoms with Crippen molar-refractivity contribution in [2.45, 2.75) is 12.2 Å². The molecule has 18 heavy (non-hydrogen) atoms. The van der Waals surface area contributed by atoms with Gasteiger partial charge in [-0.25, -0.2) is 9.97 Å². The molecule has 0 aliphatic carbocycles. The van der Waals surface area contributed by atoms with Gasteiger partial charge in [-0.2, -0.15) is 4.98 Å². The minimum absolute atomic E-state index is 0.0330. The molecule has 6 N–H and O–H groups in total. The highest BCUT2D eigenvalue weighted by atomic mass is 16.5. The van der Waals surface area contributed by atoms with Gasteiger partial charge in [-0.15, -0.1) is 0 Å². The lowest BCUT2D eigenvalue weighted by atomic mass is 10.5. The van der Waals surface area contributed by atoms with Crippen molar-refractivity contribution in [2.24, 2.45) is 0 Å². The lowest BCUT2D eigenvalue weighted by molar-refractivity contribution is -0.0173. The van der Waals surface area contributed by atoms with Crippen LogP contribution in [0.1, 0.15) is 11.8 Å². The Balaban J connectivity index is 2.54. The Hall–Kier alpha value is -2.10. The van der Waals surface area contributed by atoms with Gasteiger partial charge in [-0.05, 0) is 0 Å². The van der Waals surface area contributed by atoms with Crippen LogP contribution < -0.4 is 11.3 Å². The number of nitrogens with one attached hydrogen (secondary N) is 1. The maximum atomic E-state index is 11.5. The molecule has 0 radical (unpaired) electrons. The monoisotopic (exact) mass is 258 g/mol. The number of nitrogens with two attached hydrogens (primary N) is 1. The first-order valence-corrected chi connectivity index (χ1v) is 5.02.